The lowest BCUT2D eigenvalue weighted by atomic mass is 9.99. The van der Waals surface area contributed by atoms with Crippen molar-refractivity contribution in [1.29, 1.82) is 0 Å². The van der Waals surface area contributed by atoms with E-state index in [0.29, 0.717) is 0 Å². The van der Waals surface area contributed by atoms with Gasteiger partial charge in [-0.05, 0) is 37.7 Å². The molecule has 2 aliphatic rings. The van der Waals surface area contributed by atoms with Crippen LogP contribution in [0.5, 0.6) is 0 Å². The van der Waals surface area contributed by atoms with Gasteiger partial charge in [-0.15, -0.1) is 11.3 Å². The SMILES string of the molecule is O=c1c2c3c(sc2nc2n1CCC2)CCCCCCCCCC3. The number of aryl methyl sites for hydroxylation is 3. The first kappa shape index (κ1) is 15.4. The van der Waals surface area contributed by atoms with Gasteiger partial charge >= 0.3 is 0 Å². The molecule has 0 bridgehead atoms. The Morgan fingerprint density at radius 1 is 0.826 bits per heavy atom. The van der Waals surface area contributed by atoms with Gasteiger partial charge in [0.15, 0.2) is 0 Å². The van der Waals surface area contributed by atoms with Gasteiger partial charge in [0.25, 0.3) is 5.56 Å². The highest BCUT2D eigenvalue weighted by Gasteiger charge is 2.22. The molecule has 0 spiro atoms. The van der Waals surface area contributed by atoms with Crippen LogP contribution < -0.4 is 5.56 Å². The summed E-state index contributed by atoms with van der Waals surface area (Å²) in [6.45, 7) is 0.863. The van der Waals surface area contributed by atoms with Crippen molar-refractivity contribution in [1.82, 2.24) is 9.55 Å². The largest absolute Gasteiger partial charge is 0.296 e. The van der Waals surface area contributed by atoms with Gasteiger partial charge in [0.2, 0.25) is 0 Å². The Morgan fingerprint density at radius 3 is 2.30 bits per heavy atom. The quantitative estimate of drug-likeness (QED) is 0.706. The summed E-state index contributed by atoms with van der Waals surface area (Å²) in [5.41, 5.74) is 1.59. The Balaban J connectivity index is 1.77. The zero-order valence-electron chi connectivity index (χ0n) is 13.9. The molecule has 1 aliphatic carbocycles. The van der Waals surface area contributed by atoms with E-state index in [0.717, 1.165) is 48.3 Å². The Labute approximate surface area is 141 Å². The first-order valence-electron chi connectivity index (χ1n) is 9.38. The van der Waals surface area contributed by atoms with E-state index in [9.17, 15) is 4.79 Å². The molecule has 1 aliphatic heterocycles. The Kier molecular flexibility index (Phi) is 4.52. The molecule has 0 aromatic carbocycles. The summed E-state index contributed by atoms with van der Waals surface area (Å²) in [7, 11) is 0. The minimum absolute atomic E-state index is 0.243. The molecule has 2 aromatic rings. The van der Waals surface area contributed by atoms with Crippen LogP contribution in [0.1, 0.15) is 74.1 Å². The summed E-state index contributed by atoms with van der Waals surface area (Å²) in [5.74, 6) is 1.01. The van der Waals surface area contributed by atoms with Crippen molar-refractivity contribution in [2.75, 3.05) is 0 Å². The number of fused-ring (bicyclic) bond motifs is 4. The van der Waals surface area contributed by atoms with Gasteiger partial charge in [0.05, 0.1) is 5.39 Å². The van der Waals surface area contributed by atoms with Crippen LogP contribution in [0, 0.1) is 0 Å². The second-order valence-corrected chi connectivity index (χ2v) is 8.18. The molecule has 23 heavy (non-hydrogen) atoms. The van der Waals surface area contributed by atoms with E-state index in [1.54, 1.807) is 11.3 Å². The fourth-order valence-electron chi connectivity index (χ4n) is 4.16. The predicted molar refractivity (Wildman–Crippen MR) is 96.5 cm³/mol. The third kappa shape index (κ3) is 2.98. The molecular weight excluding hydrogens is 304 g/mol. The highest BCUT2D eigenvalue weighted by Crippen LogP contribution is 2.32. The van der Waals surface area contributed by atoms with Crippen LogP contribution in [-0.4, -0.2) is 9.55 Å². The Hall–Kier alpha value is -1.16. The van der Waals surface area contributed by atoms with Crippen LogP contribution >= 0.6 is 11.3 Å². The van der Waals surface area contributed by atoms with Gasteiger partial charge in [-0.3, -0.25) is 9.36 Å². The molecule has 0 N–H and O–H groups in total. The van der Waals surface area contributed by atoms with Crippen LogP contribution in [0.2, 0.25) is 0 Å². The third-order valence-electron chi connectivity index (χ3n) is 5.44. The average molecular weight is 330 g/mol. The minimum atomic E-state index is 0.243. The zero-order chi connectivity index (χ0) is 15.6. The molecule has 3 nitrogen and oxygen atoms in total. The minimum Gasteiger partial charge on any atom is -0.296 e. The van der Waals surface area contributed by atoms with Crippen molar-refractivity contribution < 1.29 is 0 Å². The van der Waals surface area contributed by atoms with Crippen molar-refractivity contribution in [2.45, 2.75) is 83.6 Å². The maximum absolute atomic E-state index is 13.0. The standard InChI is InChI=1S/C19H26N2OS/c22-19-17-14-10-7-5-3-1-2-4-6-8-11-15(14)23-18(17)20-16-12-9-13-21(16)19/h1-13H2. The molecule has 124 valence electrons. The molecule has 0 fully saturated rings. The average Bonchev–Trinajstić information content (AvgIpc) is 3.13. The van der Waals surface area contributed by atoms with E-state index < -0.39 is 0 Å². The van der Waals surface area contributed by atoms with Crippen molar-refractivity contribution >= 4 is 21.6 Å². The van der Waals surface area contributed by atoms with Gasteiger partial charge in [-0.1, -0.05) is 38.5 Å². The lowest BCUT2D eigenvalue weighted by molar-refractivity contribution is 0.562. The van der Waals surface area contributed by atoms with Crippen LogP contribution in [0.3, 0.4) is 0 Å². The topological polar surface area (TPSA) is 34.9 Å². The second kappa shape index (κ2) is 6.76. The predicted octanol–water partition coefficient (Wildman–Crippen LogP) is 4.62. The van der Waals surface area contributed by atoms with Crippen molar-refractivity contribution in [2.24, 2.45) is 0 Å². The summed E-state index contributed by atoms with van der Waals surface area (Å²) in [4.78, 5) is 20.3. The fraction of sp³-hybridized carbons (Fsp3) is 0.684. The second-order valence-electron chi connectivity index (χ2n) is 7.10. The van der Waals surface area contributed by atoms with Gasteiger partial charge in [0, 0.05) is 17.8 Å². The maximum Gasteiger partial charge on any atom is 0.262 e. The molecule has 4 rings (SSSR count). The van der Waals surface area contributed by atoms with E-state index in [1.807, 2.05) is 4.57 Å². The zero-order valence-corrected chi connectivity index (χ0v) is 14.7. The summed E-state index contributed by atoms with van der Waals surface area (Å²) in [6, 6.07) is 0. The van der Waals surface area contributed by atoms with Crippen LogP contribution in [0.4, 0.5) is 0 Å². The van der Waals surface area contributed by atoms with Crippen LogP contribution in [0.15, 0.2) is 4.79 Å². The Bertz CT molecular complexity index is 759. The van der Waals surface area contributed by atoms with Gasteiger partial charge < -0.3 is 0 Å². The normalized spacial score (nSPS) is 19.8. The molecule has 0 saturated heterocycles. The number of hydrogen-bond acceptors (Lipinski definition) is 3. The van der Waals surface area contributed by atoms with Gasteiger partial charge in [-0.25, -0.2) is 4.98 Å². The van der Waals surface area contributed by atoms with Crippen LogP contribution in [0.25, 0.3) is 10.2 Å². The van der Waals surface area contributed by atoms with E-state index in [2.05, 4.69) is 0 Å². The third-order valence-corrected chi connectivity index (χ3v) is 6.62. The van der Waals surface area contributed by atoms with Gasteiger partial charge in [-0.2, -0.15) is 0 Å². The monoisotopic (exact) mass is 330 g/mol. The highest BCUT2D eigenvalue weighted by molar-refractivity contribution is 7.18. The van der Waals surface area contributed by atoms with Gasteiger partial charge in [0.1, 0.15) is 10.7 Å². The lowest BCUT2D eigenvalue weighted by Gasteiger charge is -2.08. The van der Waals surface area contributed by atoms with E-state index in [-0.39, 0.29) is 5.56 Å². The first-order valence-corrected chi connectivity index (χ1v) is 10.2. The molecular formula is C19H26N2OS. The van der Waals surface area contributed by atoms with E-state index in [4.69, 9.17) is 4.98 Å². The van der Waals surface area contributed by atoms with Crippen molar-refractivity contribution in [3.63, 3.8) is 0 Å². The highest BCUT2D eigenvalue weighted by atomic mass is 32.1. The summed E-state index contributed by atoms with van der Waals surface area (Å²) < 4.78 is 1.94. The number of nitrogens with zero attached hydrogens (tertiary/aromatic N) is 2. The maximum atomic E-state index is 13.0. The molecule has 2 aromatic heterocycles. The van der Waals surface area contributed by atoms with E-state index in [1.165, 1.54) is 61.8 Å². The van der Waals surface area contributed by atoms with Crippen LogP contribution in [-0.2, 0) is 25.8 Å². The molecule has 0 saturated carbocycles. The molecule has 0 atom stereocenters. The number of hydrogen-bond donors (Lipinski definition) is 0. The van der Waals surface area contributed by atoms with Crippen molar-refractivity contribution in [3.05, 3.63) is 26.6 Å². The smallest absolute Gasteiger partial charge is 0.262 e. The number of rotatable bonds is 0. The van der Waals surface area contributed by atoms with Crippen molar-refractivity contribution in [3.8, 4) is 0 Å². The fourth-order valence-corrected chi connectivity index (χ4v) is 5.43. The molecule has 4 heteroatoms. The number of aromatic nitrogens is 2. The summed E-state index contributed by atoms with van der Waals surface area (Å²) in [6.07, 6.45) is 14.9. The first-order chi connectivity index (χ1) is 11.3. The van der Waals surface area contributed by atoms with E-state index >= 15 is 0 Å². The number of thiophene rings is 1. The summed E-state index contributed by atoms with van der Waals surface area (Å²) >= 11 is 1.81. The molecule has 3 heterocycles. The Morgan fingerprint density at radius 2 is 1.52 bits per heavy atom. The lowest BCUT2D eigenvalue weighted by Crippen LogP contribution is -2.21. The molecule has 0 amide bonds. The molecule has 0 unspecified atom stereocenters. The summed E-state index contributed by atoms with van der Waals surface area (Å²) in [5, 5.41) is 0.965. The molecule has 0 radical (unpaired) electrons.